The molecule has 2 bridgehead atoms. The van der Waals surface area contributed by atoms with Crippen molar-refractivity contribution >= 4 is 17.4 Å². The fourth-order valence-electron chi connectivity index (χ4n) is 6.38. The second-order valence-corrected chi connectivity index (χ2v) is 10.7. The molecule has 1 aliphatic carbocycles. The molecule has 4 aliphatic heterocycles. The Morgan fingerprint density at radius 3 is 2.69 bits per heavy atom. The number of nitrogens with zero attached hydrogens (tertiary/aromatic N) is 1. The lowest BCUT2D eigenvalue weighted by molar-refractivity contribution is -0.577. The lowest BCUT2D eigenvalue weighted by Gasteiger charge is -2.60. The van der Waals surface area contributed by atoms with E-state index in [2.05, 4.69) is 24.5 Å². The van der Waals surface area contributed by atoms with E-state index in [4.69, 9.17) is 24.0 Å². The summed E-state index contributed by atoms with van der Waals surface area (Å²) < 4.78 is 18.9. The van der Waals surface area contributed by atoms with Crippen molar-refractivity contribution < 1.29 is 33.7 Å². The number of ether oxygens (including phenoxy) is 3. The quantitative estimate of drug-likeness (QED) is 0.242. The number of nitro groups is 1. The van der Waals surface area contributed by atoms with E-state index in [1.54, 1.807) is 0 Å². The third-order valence-corrected chi connectivity index (χ3v) is 8.32. The number of nitro benzene ring substituents is 1. The molecule has 1 spiro atoms. The summed E-state index contributed by atoms with van der Waals surface area (Å²) in [5, 5.41) is 16.2. The number of hydrogen-bond donors (Lipinski definition) is 2. The Bertz CT molecular complexity index is 977. The molecule has 36 heavy (non-hydrogen) atoms. The number of urea groups is 1. The van der Waals surface area contributed by atoms with Crippen molar-refractivity contribution in [3.05, 3.63) is 34.4 Å². The van der Waals surface area contributed by atoms with E-state index >= 15 is 0 Å². The Kier molecular flexibility index (Phi) is 6.94. The van der Waals surface area contributed by atoms with Crippen LogP contribution in [0.4, 0.5) is 16.2 Å². The normalized spacial score (nSPS) is 39.1. The molecule has 198 valence electrons. The summed E-state index contributed by atoms with van der Waals surface area (Å²) >= 11 is 0. The summed E-state index contributed by atoms with van der Waals surface area (Å²) in [7, 11) is 0. The standard InChI is InChI=1S/C25H35N3O8/c1-15-5-10-20-16(2)21(33-22-25(20)19(15)11-12-24(3,34-22)35-36-25)32-14-4-13-26-23(29)27-17-6-8-18(9-7-17)28(30)31/h6-9,15-16,19-22H,4-5,10-14H2,1-3H3,(H2,26,27,29)/t15-,16-,19+,20+,21+,22-,24+,25-/m1/s1. The van der Waals surface area contributed by atoms with Crippen molar-refractivity contribution in [1.82, 2.24) is 5.32 Å². The molecule has 2 amide bonds. The van der Waals surface area contributed by atoms with Crippen LogP contribution >= 0.6 is 0 Å². The molecule has 8 atom stereocenters. The highest BCUT2D eigenvalue weighted by atomic mass is 17.3. The van der Waals surface area contributed by atoms with Crippen molar-refractivity contribution in [1.29, 1.82) is 0 Å². The fraction of sp³-hybridized carbons (Fsp3) is 0.720. The van der Waals surface area contributed by atoms with Crippen LogP contribution in [-0.4, -0.2) is 48.1 Å². The van der Waals surface area contributed by atoms with Crippen LogP contribution in [0, 0.1) is 33.8 Å². The Balaban J connectivity index is 1.12. The van der Waals surface area contributed by atoms with E-state index in [-0.39, 0.29) is 23.6 Å². The average Bonchev–Trinajstić information content (AvgIpc) is 3.08. The number of fused-ring (bicyclic) bond motifs is 2. The van der Waals surface area contributed by atoms with Gasteiger partial charge in [0.25, 0.3) is 5.69 Å². The molecule has 0 unspecified atom stereocenters. The summed E-state index contributed by atoms with van der Waals surface area (Å²) in [4.78, 5) is 34.4. The summed E-state index contributed by atoms with van der Waals surface area (Å²) in [6, 6.07) is 5.28. The van der Waals surface area contributed by atoms with Crippen molar-refractivity contribution in [3.63, 3.8) is 0 Å². The van der Waals surface area contributed by atoms with E-state index in [9.17, 15) is 14.9 Å². The zero-order chi connectivity index (χ0) is 25.5. The van der Waals surface area contributed by atoms with E-state index < -0.39 is 28.9 Å². The van der Waals surface area contributed by atoms with Gasteiger partial charge in [0, 0.05) is 42.6 Å². The van der Waals surface area contributed by atoms with Gasteiger partial charge in [0.1, 0.15) is 0 Å². The average molecular weight is 506 g/mol. The summed E-state index contributed by atoms with van der Waals surface area (Å²) in [6.07, 6.45) is 3.52. The molecule has 1 aromatic carbocycles. The molecule has 5 fully saturated rings. The molecule has 1 saturated carbocycles. The van der Waals surface area contributed by atoms with Crippen LogP contribution in [0.1, 0.15) is 52.9 Å². The zero-order valence-corrected chi connectivity index (χ0v) is 20.9. The molecule has 0 aromatic heterocycles. The molecule has 11 nitrogen and oxygen atoms in total. The number of amides is 2. The highest BCUT2D eigenvalue weighted by Gasteiger charge is 2.69. The minimum absolute atomic E-state index is 0.0308. The van der Waals surface area contributed by atoms with Crippen LogP contribution in [0.25, 0.3) is 0 Å². The number of rotatable bonds is 7. The Morgan fingerprint density at radius 1 is 1.17 bits per heavy atom. The predicted octanol–water partition coefficient (Wildman–Crippen LogP) is 4.33. The summed E-state index contributed by atoms with van der Waals surface area (Å²) in [5.74, 6) is 0.309. The number of anilines is 1. The fourth-order valence-corrected chi connectivity index (χ4v) is 6.38. The van der Waals surface area contributed by atoms with Crippen LogP contribution in [0.15, 0.2) is 24.3 Å². The SMILES string of the molecule is C[C@H]1[C@@H](OCCCNC(=O)Nc2ccc([N+](=O)[O-])cc2)O[C@@H]2O[C@]3(C)CC[C@H]4[C@H](C)CC[C@@H]1[C@@]24OO3. The lowest BCUT2D eigenvalue weighted by Crippen LogP contribution is -2.70. The van der Waals surface area contributed by atoms with Gasteiger partial charge in [0.2, 0.25) is 5.79 Å². The van der Waals surface area contributed by atoms with Crippen molar-refractivity contribution in [2.45, 2.75) is 76.8 Å². The molecule has 1 aromatic rings. The van der Waals surface area contributed by atoms with Gasteiger partial charge in [-0.15, -0.1) is 0 Å². The smallest absolute Gasteiger partial charge is 0.319 e. The van der Waals surface area contributed by atoms with Gasteiger partial charge in [-0.2, -0.15) is 0 Å². The summed E-state index contributed by atoms with van der Waals surface area (Å²) in [5.41, 5.74) is -0.160. The maximum Gasteiger partial charge on any atom is 0.319 e. The van der Waals surface area contributed by atoms with Gasteiger partial charge in [-0.05, 0) is 56.6 Å². The van der Waals surface area contributed by atoms with Gasteiger partial charge in [-0.1, -0.05) is 13.8 Å². The number of nitrogens with one attached hydrogen (secondary N) is 2. The zero-order valence-electron chi connectivity index (χ0n) is 20.9. The number of benzene rings is 1. The number of carbonyl (C=O) groups excluding carboxylic acids is 1. The first-order chi connectivity index (χ1) is 17.2. The first-order valence-corrected chi connectivity index (χ1v) is 12.8. The topological polar surface area (TPSA) is 130 Å². The predicted molar refractivity (Wildman–Crippen MR) is 128 cm³/mol. The first-order valence-electron chi connectivity index (χ1n) is 12.8. The highest BCUT2D eigenvalue weighted by Crippen LogP contribution is 2.60. The maximum atomic E-state index is 12.1. The molecule has 11 heteroatoms. The Morgan fingerprint density at radius 2 is 1.94 bits per heavy atom. The second-order valence-electron chi connectivity index (χ2n) is 10.7. The molecular formula is C25H35N3O8. The van der Waals surface area contributed by atoms with Gasteiger partial charge < -0.3 is 24.8 Å². The van der Waals surface area contributed by atoms with Crippen LogP contribution in [0.5, 0.6) is 0 Å². The lowest BCUT2D eigenvalue weighted by atomic mass is 9.58. The van der Waals surface area contributed by atoms with Crippen molar-refractivity contribution in [3.8, 4) is 0 Å². The van der Waals surface area contributed by atoms with Crippen molar-refractivity contribution in [2.75, 3.05) is 18.5 Å². The minimum atomic E-state index is -0.816. The van der Waals surface area contributed by atoms with Gasteiger partial charge in [-0.25, -0.2) is 14.6 Å². The Labute approximate surface area is 210 Å². The maximum absolute atomic E-state index is 12.1. The first kappa shape index (κ1) is 25.3. The minimum Gasteiger partial charge on any atom is -0.352 e. The number of non-ortho nitro benzene ring substituents is 1. The third-order valence-electron chi connectivity index (χ3n) is 8.32. The van der Waals surface area contributed by atoms with Crippen LogP contribution < -0.4 is 10.6 Å². The molecule has 6 rings (SSSR count). The van der Waals surface area contributed by atoms with Crippen LogP contribution in [-0.2, 0) is 24.0 Å². The van der Waals surface area contributed by atoms with Crippen LogP contribution in [0.2, 0.25) is 0 Å². The highest BCUT2D eigenvalue weighted by molar-refractivity contribution is 5.89. The molecular weight excluding hydrogens is 470 g/mol. The molecule has 4 saturated heterocycles. The molecule has 5 aliphatic rings. The largest absolute Gasteiger partial charge is 0.352 e. The van der Waals surface area contributed by atoms with Crippen LogP contribution in [0.3, 0.4) is 0 Å². The van der Waals surface area contributed by atoms with Gasteiger partial charge in [0.05, 0.1) is 11.5 Å². The number of hydrogen-bond acceptors (Lipinski definition) is 8. The number of carbonyl (C=O) groups is 1. The summed E-state index contributed by atoms with van der Waals surface area (Å²) in [6.45, 7) is 7.15. The third kappa shape index (κ3) is 4.58. The second kappa shape index (κ2) is 9.86. The monoisotopic (exact) mass is 505 g/mol. The van der Waals surface area contributed by atoms with E-state index in [1.807, 2.05) is 6.92 Å². The Hall–Kier alpha value is -2.31. The van der Waals surface area contributed by atoms with Gasteiger partial charge in [-0.3, -0.25) is 10.1 Å². The molecule has 2 N–H and O–H groups in total. The van der Waals surface area contributed by atoms with E-state index in [0.29, 0.717) is 37.1 Å². The van der Waals surface area contributed by atoms with Gasteiger partial charge in [0.15, 0.2) is 18.2 Å². The van der Waals surface area contributed by atoms with E-state index in [1.165, 1.54) is 24.3 Å². The van der Waals surface area contributed by atoms with E-state index in [0.717, 1.165) is 25.7 Å². The molecule has 0 radical (unpaired) electrons. The van der Waals surface area contributed by atoms with Gasteiger partial charge >= 0.3 is 6.03 Å². The van der Waals surface area contributed by atoms with Crippen molar-refractivity contribution in [2.24, 2.45) is 23.7 Å². The molecule has 4 heterocycles.